The molecule has 1 aliphatic heterocycles. The predicted molar refractivity (Wildman–Crippen MR) is 114 cm³/mol. The van der Waals surface area contributed by atoms with Gasteiger partial charge in [-0.2, -0.15) is 8.42 Å². The number of hydrogen-bond donors (Lipinski definition) is 2. The monoisotopic (exact) mass is 423 g/mol. The maximum Gasteiger partial charge on any atom is 0.294 e. The molecule has 162 valence electrons. The molecule has 1 saturated heterocycles. The SMILES string of the molecule is CC(N=C=NC1CCCCC1)C1CNCCO1.CCc1ccc(S(=O)(=O)O)cc1. The minimum Gasteiger partial charge on any atom is -0.373 e. The van der Waals surface area contributed by atoms with Crippen LogP contribution in [0.4, 0.5) is 0 Å². The summed E-state index contributed by atoms with van der Waals surface area (Å²) in [4.78, 5) is 8.73. The molecule has 3 rings (SSSR count). The third-order valence-corrected chi connectivity index (χ3v) is 6.07. The Morgan fingerprint density at radius 2 is 1.93 bits per heavy atom. The van der Waals surface area contributed by atoms with Crippen molar-refractivity contribution in [1.82, 2.24) is 5.32 Å². The molecule has 0 amide bonds. The Bertz CT molecular complexity index is 762. The summed E-state index contributed by atoms with van der Waals surface area (Å²) in [5.74, 6) is 0. The van der Waals surface area contributed by atoms with Gasteiger partial charge in [0.1, 0.15) is 0 Å². The zero-order valence-corrected chi connectivity index (χ0v) is 18.2. The minimum absolute atomic E-state index is 0.0558. The summed E-state index contributed by atoms with van der Waals surface area (Å²) in [7, 11) is -4.03. The Kier molecular flexibility index (Phi) is 9.97. The third-order valence-electron chi connectivity index (χ3n) is 5.20. The van der Waals surface area contributed by atoms with Gasteiger partial charge in [-0.05, 0) is 43.9 Å². The van der Waals surface area contributed by atoms with Crippen molar-refractivity contribution in [1.29, 1.82) is 0 Å². The first-order valence-electron chi connectivity index (χ1n) is 10.4. The Hall–Kier alpha value is -1.57. The molecule has 7 nitrogen and oxygen atoms in total. The predicted octanol–water partition coefficient (Wildman–Crippen LogP) is 3.37. The van der Waals surface area contributed by atoms with Crippen molar-refractivity contribution in [2.24, 2.45) is 9.98 Å². The number of benzene rings is 1. The highest BCUT2D eigenvalue weighted by Gasteiger charge is 2.19. The van der Waals surface area contributed by atoms with Gasteiger partial charge in [-0.1, -0.05) is 38.3 Å². The standard InChI is InChI=1S/C13H23N3O.C8H10O3S/c1-11(13-9-14-7-8-17-13)15-10-16-12-5-3-2-4-6-12;1-2-7-3-5-8(6-4-7)12(9,10)11/h11-14H,2-9H2,1H3;3-6H,2H2,1H3,(H,9,10,11). The summed E-state index contributed by atoms with van der Waals surface area (Å²) in [6, 6.07) is 9.67. The minimum atomic E-state index is -4.03. The summed E-state index contributed by atoms with van der Waals surface area (Å²) in [5, 5.41) is 3.31. The van der Waals surface area contributed by atoms with E-state index in [1.165, 1.54) is 44.2 Å². The summed E-state index contributed by atoms with van der Waals surface area (Å²) in [5.41, 5.74) is 1.04. The van der Waals surface area contributed by atoms with Gasteiger partial charge in [0.15, 0.2) is 0 Å². The number of aliphatic imine (C=N–C) groups is 2. The molecule has 2 unspecified atom stereocenters. The Morgan fingerprint density at radius 1 is 1.24 bits per heavy atom. The van der Waals surface area contributed by atoms with Gasteiger partial charge in [0.25, 0.3) is 10.1 Å². The number of nitrogens with zero attached hydrogens (tertiary/aromatic N) is 2. The second-order valence-corrected chi connectivity index (χ2v) is 8.90. The zero-order valence-electron chi connectivity index (χ0n) is 17.4. The van der Waals surface area contributed by atoms with E-state index in [0.717, 1.165) is 31.7 Å². The molecule has 8 heteroatoms. The molecule has 1 aromatic carbocycles. The summed E-state index contributed by atoms with van der Waals surface area (Å²) in [6.45, 7) is 6.66. The van der Waals surface area contributed by atoms with Crippen LogP contribution in [0.15, 0.2) is 39.1 Å². The molecule has 2 atom stereocenters. The van der Waals surface area contributed by atoms with E-state index in [9.17, 15) is 8.42 Å². The molecule has 0 aromatic heterocycles. The van der Waals surface area contributed by atoms with Gasteiger partial charge < -0.3 is 10.1 Å². The Labute approximate surface area is 174 Å². The van der Waals surface area contributed by atoms with E-state index in [-0.39, 0.29) is 17.0 Å². The van der Waals surface area contributed by atoms with Crippen LogP contribution in [-0.4, -0.2) is 56.9 Å². The molecular formula is C21H33N3O4S. The van der Waals surface area contributed by atoms with Crippen LogP contribution in [0.25, 0.3) is 0 Å². The van der Waals surface area contributed by atoms with Gasteiger partial charge in [0.2, 0.25) is 0 Å². The van der Waals surface area contributed by atoms with E-state index >= 15 is 0 Å². The Balaban J connectivity index is 0.000000221. The molecular weight excluding hydrogens is 390 g/mol. The lowest BCUT2D eigenvalue weighted by molar-refractivity contribution is 0.0169. The van der Waals surface area contributed by atoms with Gasteiger partial charge in [0.05, 0.1) is 35.7 Å². The van der Waals surface area contributed by atoms with Crippen LogP contribution in [-0.2, 0) is 21.3 Å². The maximum absolute atomic E-state index is 10.6. The van der Waals surface area contributed by atoms with E-state index in [1.807, 2.05) is 6.92 Å². The second-order valence-electron chi connectivity index (χ2n) is 7.48. The first-order chi connectivity index (χ1) is 13.9. The van der Waals surface area contributed by atoms with E-state index in [1.54, 1.807) is 12.1 Å². The van der Waals surface area contributed by atoms with E-state index < -0.39 is 10.1 Å². The lowest BCUT2D eigenvalue weighted by Crippen LogP contribution is -2.43. The zero-order chi connectivity index (χ0) is 21.1. The fourth-order valence-electron chi connectivity index (χ4n) is 3.29. The quantitative estimate of drug-likeness (QED) is 0.559. The topological polar surface area (TPSA) is 100 Å². The summed E-state index contributed by atoms with van der Waals surface area (Å²) < 4.78 is 35.4. The highest BCUT2D eigenvalue weighted by atomic mass is 32.2. The van der Waals surface area contributed by atoms with Gasteiger partial charge in [0, 0.05) is 13.1 Å². The number of morpholine rings is 1. The third kappa shape index (κ3) is 8.76. The van der Waals surface area contributed by atoms with Crippen LogP contribution >= 0.6 is 0 Å². The van der Waals surface area contributed by atoms with Crippen molar-refractivity contribution in [3.8, 4) is 0 Å². The lowest BCUT2D eigenvalue weighted by atomic mass is 9.96. The van der Waals surface area contributed by atoms with Gasteiger partial charge in [-0.15, -0.1) is 0 Å². The number of nitrogens with one attached hydrogen (secondary N) is 1. The molecule has 1 aromatic rings. The van der Waals surface area contributed by atoms with E-state index in [0.29, 0.717) is 6.04 Å². The van der Waals surface area contributed by atoms with Crippen molar-refractivity contribution in [3.63, 3.8) is 0 Å². The van der Waals surface area contributed by atoms with Crippen LogP contribution in [0.5, 0.6) is 0 Å². The fraction of sp³-hybridized carbons (Fsp3) is 0.667. The highest BCUT2D eigenvalue weighted by Crippen LogP contribution is 2.19. The average Bonchev–Trinajstić information content (AvgIpc) is 2.75. The van der Waals surface area contributed by atoms with Crippen molar-refractivity contribution in [3.05, 3.63) is 29.8 Å². The average molecular weight is 424 g/mol. The molecule has 0 radical (unpaired) electrons. The molecule has 2 N–H and O–H groups in total. The van der Waals surface area contributed by atoms with E-state index in [2.05, 4.69) is 28.2 Å². The van der Waals surface area contributed by atoms with Crippen molar-refractivity contribution in [2.75, 3.05) is 19.7 Å². The van der Waals surface area contributed by atoms with Crippen LogP contribution in [0.2, 0.25) is 0 Å². The number of aryl methyl sites for hydroxylation is 1. The first-order valence-corrected chi connectivity index (χ1v) is 11.9. The van der Waals surface area contributed by atoms with Crippen molar-refractivity contribution in [2.45, 2.75) is 75.5 Å². The second kappa shape index (κ2) is 12.2. The molecule has 1 heterocycles. The first kappa shape index (κ1) is 23.7. The smallest absolute Gasteiger partial charge is 0.294 e. The largest absolute Gasteiger partial charge is 0.373 e. The van der Waals surface area contributed by atoms with Crippen LogP contribution in [0.1, 0.15) is 51.5 Å². The summed E-state index contributed by atoms with van der Waals surface area (Å²) >= 11 is 0. The Morgan fingerprint density at radius 3 is 2.48 bits per heavy atom. The molecule has 1 saturated carbocycles. The number of hydrogen-bond acceptors (Lipinski definition) is 6. The maximum atomic E-state index is 10.6. The number of rotatable bonds is 5. The van der Waals surface area contributed by atoms with Crippen LogP contribution in [0.3, 0.4) is 0 Å². The van der Waals surface area contributed by atoms with Crippen LogP contribution in [0, 0.1) is 0 Å². The van der Waals surface area contributed by atoms with Crippen LogP contribution < -0.4 is 5.32 Å². The van der Waals surface area contributed by atoms with Crippen molar-refractivity contribution < 1.29 is 17.7 Å². The summed E-state index contributed by atoms with van der Waals surface area (Å²) in [6.07, 6.45) is 7.42. The fourth-order valence-corrected chi connectivity index (χ4v) is 3.77. The van der Waals surface area contributed by atoms with Gasteiger partial charge in [-0.25, -0.2) is 9.98 Å². The molecule has 1 aliphatic carbocycles. The molecule has 0 spiro atoms. The molecule has 29 heavy (non-hydrogen) atoms. The highest BCUT2D eigenvalue weighted by molar-refractivity contribution is 7.85. The molecule has 2 aliphatic rings. The number of ether oxygens (including phenoxy) is 1. The van der Waals surface area contributed by atoms with Gasteiger partial charge in [-0.3, -0.25) is 4.55 Å². The molecule has 2 fully saturated rings. The molecule has 0 bridgehead atoms. The van der Waals surface area contributed by atoms with Gasteiger partial charge >= 0.3 is 0 Å². The lowest BCUT2D eigenvalue weighted by Gasteiger charge is -2.25. The van der Waals surface area contributed by atoms with E-state index in [4.69, 9.17) is 9.29 Å². The normalized spacial score (nSPS) is 21.3. The van der Waals surface area contributed by atoms with Crippen molar-refractivity contribution >= 4 is 16.1 Å².